The van der Waals surface area contributed by atoms with Crippen molar-refractivity contribution in [3.05, 3.63) is 27.7 Å². The molecule has 0 aliphatic carbocycles. The minimum Gasteiger partial charge on any atom is -0.396 e. The molecule has 1 aliphatic rings. The van der Waals surface area contributed by atoms with Crippen molar-refractivity contribution in [3.8, 4) is 0 Å². The predicted molar refractivity (Wildman–Crippen MR) is 67.0 cm³/mol. The third-order valence-electron chi connectivity index (χ3n) is 2.65. The molecule has 1 aliphatic heterocycles. The van der Waals surface area contributed by atoms with Gasteiger partial charge in [0.2, 0.25) is 0 Å². The quantitative estimate of drug-likeness (QED) is 0.831. The van der Waals surface area contributed by atoms with E-state index in [1.165, 1.54) is 0 Å². The number of rotatable bonds is 2. The summed E-state index contributed by atoms with van der Waals surface area (Å²) in [5, 5.41) is 1.05. The molecule has 1 aromatic rings. The van der Waals surface area contributed by atoms with Gasteiger partial charge in [0.15, 0.2) is 0 Å². The minimum atomic E-state index is 0.453. The van der Waals surface area contributed by atoms with E-state index >= 15 is 0 Å². The number of benzene rings is 1. The van der Waals surface area contributed by atoms with Gasteiger partial charge in [0.25, 0.3) is 0 Å². The monoisotopic (exact) mass is 260 g/mol. The molecule has 2 N–H and O–H groups in total. The standard InChI is InChI=1S/C11H14Cl2N2O/c12-9-5-8(6-10(13)11(9)14)7-15-1-3-16-4-2-15/h5-6H,1-4,7,14H2. The van der Waals surface area contributed by atoms with Crippen LogP contribution in [0.4, 0.5) is 5.69 Å². The number of nitrogens with two attached hydrogens (primary N) is 1. The first kappa shape index (κ1) is 12.0. The van der Waals surface area contributed by atoms with E-state index in [2.05, 4.69) is 4.90 Å². The maximum Gasteiger partial charge on any atom is 0.0693 e. The van der Waals surface area contributed by atoms with Crippen LogP contribution < -0.4 is 5.73 Å². The van der Waals surface area contributed by atoms with Crippen LogP contribution in [0.5, 0.6) is 0 Å². The van der Waals surface area contributed by atoms with Crippen molar-refractivity contribution in [1.29, 1.82) is 0 Å². The molecule has 1 aromatic carbocycles. The molecule has 0 aromatic heterocycles. The molecule has 0 bridgehead atoms. The highest BCUT2D eigenvalue weighted by Crippen LogP contribution is 2.29. The van der Waals surface area contributed by atoms with Crippen LogP contribution in [0, 0.1) is 0 Å². The molecule has 2 rings (SSSR count). The molecule has 0 radical (unpaired) electrons. The number of nitrogen functional groups attached to an aromatic ring is 1. The number of hydrogen-bond acceptors (Lipinski definition) is 3. The van der Waals surface area contributed by atoms with E-state index in [9.17, 15) is 0 Å². The van der Waals surface area contributed by atoms with Crippen LogP contribution in [0.2, 0.25) is 10.0 Å². The molecular formula is C11H14Cl2N2O. The zero-order valence-corrected chi connectivity index (χ0v) is 10.4. The number of ether oxygens (including phenoxy) is 1. The van der Waals surface area contributed by atoms with Gasteiger partial charge in [0.05, 0.1) is 28.9 Å². The van der Waals surface area contributed by atoms with E-state index in [0.29, 0.717) is 15.7 Å². The third-order valence-corrected chi connectivity index (χ3v) is 3.27. The Balaban J connectivity index is 2.09. The van der Waals surface area contributed by atoms with Gasteiger partial charge in [0, 0.05) is 19.6 Å². The molecule has 0 saturated carbocycles. The highest BCUT2D eigenvalue weighted by Gasteiger charge is 2.12. The molecule has 3 nitrogen and oxygen atoms in total. The van der Waals surface area contributed by atoms with Gasteiger partial charge >= 0.3 is 0 Å². The first-order chi connectivity index (χ1) is 7.66. The van der Waals surface area contributed by atoms with Crippen molar-refractivity contribution in [2.24, 2.45) is 0 Å². The third kappa shape index (κ3) is 2.80. The Morgan fingerprint density at radius 1 is 1.19 bits per heavy atom. The Labute approximate surface area is 105 Å². The minimum absolute atomic E-state index is 0.453. The van der Waals surface area contributed by atoms with Gasteiger partial charge in [-0.1, -0.05) is 23.2 Å². The van der Waals surface area contributed by atoms with Gasteiger partial charge in [-0.3, -0.25) is 4.90 Å². The number of hydrogen-bond donors (Lipinski definition) is 1. The number of nitrogens with zero attached hydrogens (tertiary/aromatic N) is 1. The lowest BCUT2D eigenvalue weighted by atomic mass is 10.2. The fraction of sp³-hybridized carbons (Fsp3) is 0.455. The smallest absolute Gasteiger partial charge is 0.0693 e. The Morgan fingerprint density at radius 2 is 1.75 bits per heavy atom. The molecule has 0 unspecified atom stereocenters. The van der Waals surface area contributed by atoms with Gasteiger partial charge in [-0.25, -0.2) is 0 Å². The molecule has 88 valence electrons. The van der Waals surface area contributed by atoms with Crippen molar-refractivity contribution in [2.45, 2.75) is 6.54 Å². The van der Waals surface area contributed by atoms with Gasteiger partial charge in [-0.15, -0.1) is 0 Å². The lowest BCUT2D eigenvalue weighted by Crippen LogP contribution is -2.35. The summed E-state index contributed by atoms with van der Waals surface area (Å²) in [4.78, 5) is 2.31. The van der Waals surface area contributed by atoms with Crippen LogP contribution in [0.3, 0.4) is 0 Å². The molecule has 1 saturated heterocycles. The predicted octanol–water partition coefficient (Wildman–Crippen LogP) is 2.41. The number of morpholine rings is 1. The van der Waals surface area contributed by atoms with Crippen LogP contribution in [-0.2, 0) is 11.3 Å². The Morgan fingerprint density at radius 3 is 2.31 bits per heavy atom. The van der Waals surface area contributed by atoms with Gasteiger partial charge in [-0.2, -0.15) is 0 Å². The molecule has 1 fully saturated rings. The fourth-order valence-corrected chi connectivity index (χ4v) is 2.28. The molecule has 1 heterocycles. The highest BCUT2D eigenvalue weighted by atomic mass is 35.5. The maximum atomic E-state index is 5.98. The van der Waals surface area contributed by atoms with E-state index in [1.807, 2.05) is 12.1 Å². The summed E-state index contributed by atoms with van der Waals surface area (Å²) in [6.45, 7) is 4.30. The van der Waals surface area contributed by atoms with Crippen molar-refractivity contribution in [1.82, 2.24) is 4.90 Å². The Hall–Kier alpha value is -0.480. The zero-order chi connectivity index (χ0) is 11.5. The number of anilines is 1. The average molecular weight is 261 g/mol. The summed E-state index contributed by atoms with van der Waals surface area (Å²) < 4.78 is 5.29. The molecule has 5 heteroatoms. The van der Waals surface area contributed by atoms with Gasteiger partial charge in [-0.05, 0) is 17.7 Å². The van der Waals surface area contributed by atoms with Crippen LogP contribution in [0.15, 0.2) is 12.1 Å². The van der Waals surface area contributed by atoms with E-state index < -0.39 is 0 Å². The molecule has 0 spiro atoms. The highest BCUT2D eigenvalue weighted by molar-refractivity contribution is 6.38. The lowest BCUT2D eigenvalue weighted by molar-refractivity contribution is 0.0342. The van der Waals surface area contributed by atoms with Gasteiger partial charge in [0.1, 0.15) is 0 Å². The second-order valence-electron chi connectivity index (χ2n) is 3.86. The summed E-state index contributed by atoms with van der Waals surface area (Å²) >= 11 is 12.0. The zero-order valence-electron chi connectivity index (χ0n) is 8.88. The second kappa shape index (κ2) is 5.23. The summed E-state index contributed by atoms with van der Waals surface area (Å²) in [5.74, 6) is 0. The molecule has 0 atom stereocenters. The van der Waals surface area contributed by atoms with E-state index in [4.69, 9.17) is 33.7 Å². The fourth-order valence-electron chi connectivity index (χ4n) is 1.75. The first-order valence-electron chi connectivity index (χ1n) is 5.20. The SMILES string of the molecule is Nc1c(Cl)cc(CN2CCOCC2)cc1Cl. The largest absolute Gasteiger partial charge is 0.396 e. The summed E-state index contributed by atoms with van der Waals surface area (Å²) in [7, 11) is 0. The molecular weight excluding hydrogens is 247 g/mol. The second-order valence-corrected chi connectivity index (χ2v) is 4.68. The number of halogens is 2. The van der Waals surface area contributed by atoms with Crippen molar-refractivity contribution in [3.63, 3.8) is 0 Å². The molecule has 0 amide bonds. The topological polar surface area (TPSA) is 38.5 Å². The summed E-state index contributed by atoms with van der Waals surface area (Å²) in [6, 6.07) is 3.75. The van der Waals surface area contributed by atoms with Crippen molar-refractivity contribution >= 4 is 28.9 Å². The average Bonchev–Trinajstić information content (AvgIpc) is 2.27. The van der Waals surface area contributed by atoms with Gasteiger partial charge < -0.3 is 10.5 Å². The molecule has 16 heavy (non-hydrogen) atoms. The maximum absolute atomic E-state index is 5.98. The Bertz CT molecular complexity index is 355. The van der Waals surface area contributed by atoms with E-state index in [1.54, 1.807) is 0 Å². The normalized spacial score (nSPS) is 17.6. The van der Waals surface area contributed by atoms with E-state index in [0.717, 1.165) is 38.4 Å². The van der Waals surface area contributed by atoms with Crippen molar-refractivity contribution in [2.75, 3.05) is 32.0 Å². The van der Waals surface area contributed by atoms with Crippen LogP contribution >= 0.6 is 23.2 Å². The van der Waals surface area contributed by atoms with Crippen LogP contribution in [0.25, 0.3) is 0 Å². The Kier molecular flexibility index (Phi) is 3.92. The summed E-state index contributed by atoms with van der Waals surface area (Å²) in [5.41, 5.74) is 7.23. The first-order valence-corrected chi connectivity index (χ1v) is 5.96. The van der Waals surface area contributed by atoms with Crippen LogP contribution in [-0.4, -0.2) is 31.2 Å². The lowest BCUT2D eigenvalue weighted by Gasteiger charge is -2.26. The summed E-state index contributed by atoms with van der Waals surface area (Å²) in [6.07, 6.45) is 0. The van der Waals surface area contributed by atoms with Crippen LogP contribution in [0.1, 0.15) is 5.56 Å². The van der Waals surface area contributed by atoms with Crippen molar-refractivity contribution < 1.29 is 4.74 Å². The van der Waals surface area contributed by atoms with E-state index in [-0.39, 0.29) is 0 Å².